The number of para-hydroxylation sites is 1. The second kappa shape index (κ2) is 8.79. The van der Waals surface area contributed by atoms with Gasteiger partial charge in [-0.3, -0.25) is 9.59 Å². The third-order valence-corrected chi connectivity index (χ3v) is 6.14. The summed E-state index contributed by atoms with van der Waals surface area (Å²) in [7, 11) is 1.53. The maximum absolute atomic E-state index is 13.0. The molecule has 9 heteroatoms. The molecule has 1 fully saturated rings. The number of fused-ring (bicyclic) bond motifs is 1. The fourth-order valence-electron chi connectivity index (χ4n) is 4.20. The molecule has 1 saturated heterocycles. The maximum Gasteiger partial charge on any atom is 0.229 e. The minimum Gasteiger partial charge on any atom is -0.495 e. The van der Waals surface area contributed by atoms with E-state index in [2.05, 4.69) is 15.4 Å². The molecule has 4 aromatic rings. The molecule has 2 amide bonds. The minimum absolute atomic E-state index is 0.0993. The Bertz CT molecular complexity index is 1400. The molecule has 0 spiro atoms. The quantitative estimate of drug-likeness (QED) is 0.462. The van der Waals surface area contributed by atoms with Crippen molar-refractivity contribution in [2.75, 3.05) is 23.9 Å². The van der Waals surface area contributed by atoms with Crippen LogP contribution >= 0.6 is 11.6 Å². The van der Waals surface area contributed by atoms with Crippen LogP contribution in [0.5, 0.6) is 5.75 Å². The zero-order chi connectivity index (χ0) is 23.8. The van der Waals surface area contributed by atoms with E-state index >= 15 is 0 Å². The Morgan fingerprint density at radius 2 is 1.97 bits per heavy atom. The summed E-state index contributed by atoms with van der Waals surface area (Å²) in [6.07, 6.45) is 1.71. The summed E-state index contributed by atoms with van der Waals surface area (Å²) >= 11 is 6.12. The van der Waals surface area contributed by atoms with Crippen LogP contribution in [0.15, 0.2) is 60.8 Å². The highest BCUT2D eigenvalue weighted by Crippen LogP contribution is 2.35. The van der Waals surface area contributed by atoms with Crippen molar-refractivity contribution in [1.29, 1.82) is 0 Å². The number of carbonyl (C=O) groups is 2. The summed E-state index contributed by atoms with van der Waals surface area (Å²) in [6, 6.07) is 16.7. The van der Waals surface area contributed by atoms with Crippen LogP contribution in [0.25, 0.3) is 16.7 Å². The van der Waals surface area contributed by atoms with Crippen molar-refractivity contribution in [3.63, 3.8) is 0 Å². The molecule has 2 aromatic carbocycles. The molecular formula is C25H22ClN5O3. The van der Waals surface area contributed by atoms with Gasteiger partial charge in [-0.1, -0.05) is 29.8 Å². The van der Waals surface area contributed by atoms with E-state index in [4.69, 9.17) is 16.3 Å². The number of benzene rings is 2. The number of aromatic nitrogens is 3. The van der Waals surface area contributed by atoms with Gasteiger partial charge in [-0.05, 0) is 43.3 Å². The number of nitrogens with one attached hydrogen (secondary N) is 1. The predicted molar refractivity (Wildman–Crippen MR) is 131 cm³/mol. The number of anilines is 2. The van der Waals surface area contributed by atoms with Crippen LogP contribution in [0, 0.1) is 12.8 Å². The largest absolute Gasteiger partial charge is 0.495 e. The number of pyridine rings is 1. The second-order valence-electron chi connectivity index (χ2n) is 8.14. The molecule has 1 unspecified atom stereocenters. The van der Waals surface area contributed by atoms with Gasteiger partial charge in [0, 0.05) is 23.4 Å². The molecule has 0 bridgehead atoms. The van der Waals surface area contributed by atoms with Gasteiger partial charge in [0.25, 0.3) is 0 Å². The van der Waals surface area contributed by atoms with Crippen molar-refractivity contribution in [3.8, 4) is 11.4 Å². The first-order valence-corrected chi connectivity index (χ1v) is 11.2. The molecule has 1 atom stereocenters. The van der Waals surface area contributed by atoms with Crippen LogP contribution in [0.2, 0.25) is 5.02 Å². The Balaban J connectivity index is 1.36. The van der Waals surface area contributed by atoms with E-state index in [1.807, 2.05) is 43.3 Å². The van der Waals surface area contributed by atoms with Crippen molar-refractivity contribution >= 4 is 45.8 Å². The van der Waals surface area contributed by atoms with Gasteiger partial charge < -0.3 is 15.0 Å². The molecule has 3 heterocycles. The molecule has 0 radical (unpaired) electrons. The van der Waals surface area contributed by atoms with Crippen LogP contribution in [0.3, 0.4) is 0 Å². The fourth-order valence-corrected chi connectivity index (χ4v) is 4.36. The maximum atomic E-state index is 13.0. The molecule has 172 valence electrons. The fraction of sp³-hybridized carbons (Fsp3) is 0.200. The summed E-state index contributed by atoms with van der Waals surface area (Å²) in [5.74, 6) is -0.389. The van der Waals surface area contributed by atoms with Gasteiger partial charge in [-0.2, -0.15) is 5.10 Å². The molecule has 2 aromatic heterocycles. The zero-order valence-electron chi connectivity index (χ0n) is 18.7. The number of halogens is 1. The average Bonchev–Trinajstić information content (AvgIpc) is 3.39. The number of ether oxygens (including phenoxy) is 1. The van der Waals surface area contributed by atoms with Gasteiger partial charge in [0.1, 0.15) is 5.75 Å². The van der Waals surface area contributed by atoms with Crippen LogP contribution in [-0.2, 0) is 9.59 Å². The summed E-state index contributed by atoms with van der Waals surface area (Å²) < 4.78 is 7.15. The van der Waals surface area contributed by atoms with Gasteiger partial charge in [-0.15, -0.1) is 0 Å². The first-order valence-electron chi connectivity index (χ1n) is 10.8. The van der Waals surface area contributed by atoms with Crippen molar-refractivity contribution in [3.05, 3.63) is 71.5 Å². The number of hydrogen-bond acceptors (Lipinski definition) is 5. The minimum atomic E-state index is -0.514. The van der Waals surface area contributed by atoms with E-state index in [0.29, 0.717) is 27.8 Å². The number of amides is 2. The first-order chi connectivity index (χ1) is 16.4. The highest BCUT2D eigenvalue weighted by molar-refractivity contribution is 6.31. The average molecular weight is 476 g/mol. The molecule has 34 heavy (non-hydrogen) atoms. The van der Waals surface area contributed by atoms with Gasteiger partial charge >= 0.3 is 0 Å². The summed E-state index contributed by atoms with van der Waals surface area (Å²) in [4.78, 5) is 31.8. The van der Waals surface area contributed by atoms with E-state index < -0.39 is 5.92 Å². The Kier molecular flexibility index (Phi) is 5.67. The Hall–Kier alpha value is -3.91. The van der Waals surface area contributed by atoms with Gasteiger partial charge in [0.2, 0.25) is 11.8 Å². The number of aryl methyl sites for hydroxylation is 1. The topological polar surface area (TPSA) is 89.3 Å². The second-order valence-corrected chi connectivity index (χ2v) is 8.58. The number of hydrogen-bond donors (Lipinski definition) is 1. The first kappa shape index (κ1) is 21.9. The standard InChI is InChI=1S/C25H22ClN5O3/c1-15-20-12-18(13-27-24(20)31(29-15)19-6-4-3-5-7-19)28-25(33)16-10-23(32)30(14-16)21-11-17(26)8-9-22(21)34-2/h3-9,11-13,16H,10,14H2,1-2H3,(H,28,33). The molecule has 8 nitrogen and oxygen atoms in total. The number of rotatable bonds is 5. The number of methoxy groups -OCH3 is 1. The van der Waals surface area contributed by atoms with Crippen LogP contribution in [0.4, 0.5) is 11.4 Å². The molecular weight excluding hydrogens is 454 g/mol. The molecule has 0 saturated carbocycles. The Morgan fingerprint density at radius 1 is 1.18 bits per heavy atom. The van der Waals surface area contributed by atoms with Crippen molar-refractivity contribution in [1.82, 2.24) is 14.8 Å². The summed E-state index contributed by atoms with van der Waals surface area (Å²) in [5.41, 5.74) is 3.53. The van der Waals surface area contributed by atoms with Gasteiger partial charge in [0.15, 0.2) is 5.65 Å². The zero-order valence-corrected chi connectivity index (χ0v) is 19.4. The molecule has 0 aliphatic carbocycles. The molecule has 1 aliphatic heterocycles. The molecule has 5 rings (SSSR count). The predicted octanol–water partition coefficient (Wildman–Crippen LogP) is 4.38. The SMILES string of the molecule is COc1ccc(Cl)cc1N1CC(C(=O)Nc2cnc3c(c2)c(C)nn3-c2ccccc2)CC1=O. The number of nitrogens with zero attached hydrogens (tertiary/aromatic N) is 4. The normalized spacial score (nSPS) is 15.7. The third-order valence-electron chi connectivity index (χ3n) is 5.90. The lowest BCUT2D eigenvalue weighted by atomic mass is 10.1. The lowest BCUT2D eigenvalue weighted by Crippen LogP contribution is -2.28. The smallest absolute Gasteiger partial charge is 0.229 e. The van der Waals surface area contributed by atoms with Gasteiger partial charge in [0.05, 0.1) is 42.0 Å². The lowest BCUT2D eigenvalue weighted by Gasteiger charge is -2.19. The third kappa shape index (κ3) is 3.97. The summed E-state index contributed by atoms with van der Waals surface area (Å²) in [6.45, 7) is 2.14. The highest BCUT2D eigenvalue weighted by atomic mass is 35.5. The van der Waals surface area contributed by atoms with Gasteiger partial charge in [-0.25, -0.2) is 9.67 Å². The summed E-state index contributed by atoms with van der Waals surface area (Å²) in [5, 5.41) is 8.84. The Morgan fingerprint density at radius 3 is 2.74 bits per heavy atom. The highest BCUT2D eigenvalue weighted by Gasteiger charge is 2.36. The van der Waals surface area contributed by atoms with Crippen molar-refractivity contribution in [2.24, 2.45) is 5.92 Å². The van der Waals surface area contributed by atoms with E-state index in [0.717, 1.165) is 16.8 Å². The van der Waals surface area contributed by atoms with E-state index in [1.165, 1.54) is 7.11 Å². The van der Waals surface area contributed by atoms with Crippen LogP contribution in [-0.4, -0.2) is 40.2 Å². The van der Waals surface area contributed by atoms with E-state index in [1.54, 1.807) is 34.0 Å². The molecule has 1 aliphatic rings. The monoisotopic (exact) mass is 475 g/mol. The number of carbonyl (C=O) groups excluding carboxylic acids is 2. The Labute approximate surface area is 201 Å². The molecule has 1 N–H and O–H groups in total. The van der Waals surface area contributed by atoms with Crippen molar-refractivity contribution < 1.29 is 14.3 Å². The van der Waals surface area contributed by atoms with Crippen molar-refractivity contribution in [2.45, 2.75) is 13.3 Å². The van der Waals surface area contributed by atoms with Crippen LogP contribution in [0.1, 0.15) is 12.1 Å². The lowest BCUT2D eigenvalue weighted by molar-refractivity contribution is -0.122. The van der Waals surface area contributed by atoms with E-state index in [-0.39, 0.29) is 24.8 Å². The van der Waals surface area contributed by atoms with E-state index in [9.17, 15) is 9.59 Å². The van der Waals surface area contributed by atoms with Crippen LogP contribution < -0.4 is 15.0 Å².